The van der Waals surface area contributed by atoms with Gasteiger partial charge in [0.2, 0.25) is 0 Å². The molecule has 76 valence electrons. The Kier molecular flexibility index (Phi) is 2.93. The lowest BCUT2D eigenvalue weighted by Gasteiger charge is -2.38. The summed E-state index contributed by atoms with van der Waals surface area (Å²) in [6.45, 7) is 1.68. The molecular formula is C9H16O4. The van der Waals surface area contributed by atoms with Crippen LogP contribution in [0.1, 0.15) is 26.2 Å². The van der Waals surface area contributed by atoms with E-state index in [2.05, 4.69) is 0 Å². The molecule has 13 heavy (non-hydrogen) atoms. The molecule has 1 fully saturated rings. The van der Waals surface area contributed by atoms with Gasteiger partial charge in [0.25, 0.3) is 0 Å². The number of hydrogen-bond donors (Lipinski definition) is 2. The number of carboxylic acids is 1. The molecule has 1 saturated carbocycles. The number of carbonyl (C=O) groups is 1. The van der Waals surface area contributed by atoms with E-state index in [1.54, 1.807) is 6.92 Å². The maximum atomic E-state index is 11.0. The number of aliphatic carboxylic acids is 1. The van der Waals surface area contributed by atoms with E-state index in [1.165, 1.54) is 7.11 Å². The highest BCUT2D eigenvalue weighted by Crippen LogP contribution is 2.38. The molecule has 0 radical (unpaired) electrons. The second-order valence-electron chi connectivity index (χ2n) is 3.88. The molecule has 0 bridgehead atoms. The van der Waals surface area contributed by atoms with Crippen LogP contribution in [0.5, 0.6) is 0 Å². The van der Waals surface area contributed by atoms with Crippen molar-refractivity contribution >= 4 is 5.97 Å². The summed E-state index contributed by atoms with van der Waals surface area (Å²) in [6, 6.07) is 0. The molecule has 0 amide bonds. The van der Waals surface area contributed by atoms with Gasteiger partial charge in [-0.25, -0.2) is 0 Å². The normalized spacial score (nSPS) is 40.2. The molecule has 1 aliphatic rings. The molecule has 0 aromatic heterocycles. The van der Waals surface area contributed by atoms with Crippen molar-refractivity contribution in [2.75, 3.05) is 7.11 Å². The number of aliphatic hydroxyl groups is 1. The van der Waals surface area contributed by atoms with Gasteiger partial charge in [0.05, 0.1) is 17.6 Å². The van der Waals surface area contributed by atoms with Crippen LogP contribution in [0.3, 0.4) is 0 Å². The van der Waals surface area contributed by atoms with Crippen molar-refractivity contribution in [1.82, 2.24) is 0 Å². The van der Waals surface area contributed by atoms with Gasteiger partial charge >= 0.3 is 5.97 Å². The summed E-state index contributed by atoms with van der Waals surface area (Å²) in [5, 5.41) is 18.4. The lowest BCUT2D eigenvalue weighted by atomic mass is 9.72. The molecule has 4 heteroatoms. The quantitative estimate of drug-likeness (QED) is 0.667. The van der Waals surface area contributed by atoms with Crippen LogP contribution < -0.4 is 0 Å². The predicted molar refractivity (Wildman–Crippen MR) is 46.4 cm³/mol. The van der Waals surface area contributed by atoms with E-state index in [4.69, 9.17) is 9.84 Å². The summed E-state index contributed by atoms with van der Waals surface area (Å²) in [7, 11) is 1.49. The van der Waals surface area contributed by atoms with Crippen molar-refractivity contribution in [3.63, 3.8) is 0 Å². The van der Waals surface area contributed by atoms with Crippen LogP contribution >= 0.6 is 0 Å². The fraction of sp³-hybridized carbons (Fsp3) is 0.889. The molecule has 0 aliphatic heterocycles. The van der Waals surface area contributed by atoms with Gasteiger partial charge in [-0.05, 0) is 19.8 Å². The number of rotatable bonds is 2. The van der Waals surface area contributed by atoms with Gasteiger partial charge < -0.3 is 14.9 Å². The SMILES string of the molecule is CO[C@@H]1C[C@H](O)CC[C@]1(C)C(=O)O. The third-order valence-electron chi connectivity index (χ3n) is 2.97. The van der Waals surface area contributed by atoms with E-state index >= 15 is 0 Å². The fourth-order valence-corrected chi connectivity index (χ4v) is 1.85. The molecule has 3 atom stereocenters. The van der Waals surface area contributed by atoms with Gasteiger partial charge in [0.1, 0.15) is 0 Å². The van der Waals surface area contributed by atoms with E-state index in [0.29, 0.717) is 19.3 Å². The highest BCUT2D eigenvalue weighted by molar-refractivity contribution is 5.75. The number of ether oxygens (including phenoxy) is 1. The highest BCUT2D eigenvalue weighted by atomic mass is 16.5. The first-order valence-corrected chi connectivity index (χ1v) is 4.45. The Hall–Kier alpha value is -0.610. The Morgan fingerprint density at radius 2 is 2.23 bits per heavy atom. The maximum absolute atomic E-state index is 11.0. The van der Waals surface area contributed by atoms with Gasteiger partial charge in [-0.2, -0.15) is 0 Å². The van der Waals surface area contributed by atoms with Gasteiger partial charge in [-0.1, -0.05) is 0 Å². The van der Waals surface area contributed by atoms with Crippen LogP contribution in [-0.4, -0.2) is 35.5 Å². The van der Waals surface area contributed by atoms with Crippen LogP contribution in [0, 0.1) is 5.41 Å². The Labute approximate surface area is 77.5 Å². The third kappa shape index (κ3) is 1.84. The number of aliphatic hydroxyl groups excluding tert-OH is 1. The lowest BCUT2D eigenvalue weighted by molar-refractivity contribution is -0.164. The molecule has 0 aromatic rings. The monoisotopic (exact) mass is 188 g/mol. The Morgan fingerprint density at radius 1 is 1.62 bits per heavy atom. The van der Waals surface area contributed by atoms with Crippen molar-refractivity contribution in [3.8, 4) is 0 Å². The first kappa shape index (κ1) is 10.5. The molecule has 0 spiro atoms. The van der Waals surface area contributed by atoms with Gasteiger partial charge in [0, 0.05) is 13.5 Å². The van der Waals surface area contributed by atoms with Crippen LogP contribution in [0.4, 0.5) is 0 Å². The van der Waals surface area contributed by atoms with Crippen LogP contribution in [0.2, 0.25) is 0 Å². The summed E-state index contributed by atoms with van der Waals surface area (Å²) in [5.41, 5.74) is -0.839. The van der Waals surface area contributed by atoms with Gasteiger partial charge in [-0.15, -0.1) is 0 Å². The molecule has 1 rings (SSSR count). The average molecular weight is 188 g/mol. The van der Waals surface area contributed by atoms with E-state index in [9.17, 15) is 9.90 Å². The smallest absolute Gasteiger partial charge is 0.312 e. The summed E-state index contributed by atoms with van der Waals surface area (Å²) >= 11 is 0. The van der Waals surface area contributed by atoms with E-state index in [-0.39, 0.29) is 6.10 Å². The molecule has 4 nitrogen and oxygen atoms in total. The van der Waals surface area contributed by atoms with Crippen LogP contribution in [-0.2, 0) is 9.53 Å². The summed E-state index contributed by atoms with van der Waals surface area (Å²) in [5.74, 6) is -0.841. The molecule has 0 saturated heterocycles. The van der Waals surface area contributed by atoms with Crippen molar-refractivity contribution in [2.24, 2.45) is 5.41 Å². The Bertz CT molecular complexity index is 204. The second-order valence-corrected chi connectivity index (χ2v) is 3.88. The largest absolute Gasteiger partial charge is 0.481 e. The van der Waals surface area contributed by atoms with E-state index in [0.717, 1.165) is 0 Å². The molecule has 0 unspecified atom stereocenters. The minimum absolute atomic E-state index is 0.381. The molecule has 2 N–H and O–H groups in total. The average Bonchev–Trinajstić information content (AvgIpc) is 2.09. The van der Waals surface area contributed by atoms with Crippen LogP contribution in [0.15, 0.2) is 0 Å². The van der Waals surface area contributed by atoms with Crippen molar-refractivity contribution in [3.05, 3.63) is 0 Å². The van der Waals surface area contributed by atoms with Crippen molar-refractivity contribution in [2.45, 2.75) is 38.4 Å². The van der Waals surface area contributed by atoms with Gasteiger partial charge in [0.15, 0.2) is 0 Å². The number of carboxylic acid groups (broad SMARTS) is 1. The zero-order valence-electron chi connectivity index (χ0n) is 7.99. The molecule has 0 aromatic carbocycles. The minimum atomic E-state index is -0.841. The number of hydrogen-bond acceptors (Lipinski definition) is 3. The standard InChI is InChI=1S/C9H16O4/c1-9(8(11)12)4-3-6(10)5-7(9)13-2/h6-7,10H,3-5H2,1-2H3,(H,11,12)/t6-,7-,9+/m1/s1. The maximum Gasteiger partial charge on any atom is 0.312 e. The summed E-state index contributed by atoms with van der Waals surface area (Å²) < 4.78 is 5.10. The third-order valence-corrected chi connectivity index (χ3v) is 2.97. The topological polar surface area (TPSA) is 66.8 Å². The highest BCUT2D eigenvalue weighted by Gasteiger charge is 2.45. The van der Waals surface area contributed by atoms with Crippen LogP contribution in [0.25, 0.3) is 0 Å². The summed E-state index contributed by atoms with van der Waals surface area (Å²) in [4.78, 5) is 11.0. The van der Waals surface area contributed by atoms with E-state index < -0.39 is 17.5 Å². The lowest BCUT2D eigenvalue weighted by Crippen LogP contribution is -2.46. The Morgan fingerprint density at radius 3 is 2.69 bits per heavy atom. The summed E-state index contributed by atoms with van der Waals surface area (Å²) in [6.07, 6.45) is 0.635. The fourth-order valence-electron chi connectivity index (χ4n) is 1.85. The Balaban J connectivity index is 2.78. The molecule has 0 heterocycles. The zero-order chi connectivity index (χ0) is 10.1. The molecular weight excluding hydrogens is 172 g/mol. The zero-order valence-corrected chi connectivity index (χ0v) is 7.99. The minimum Gasteiger partial charge on any atom is -0.481 e. The first-order valence-electron chi connectivity index (χ1n) is 4.45. The molecule has 1 aliphatic carbocycles. The number of methoxy groups -OCH3 is 1. The second kappa shape index (κ2) is 3.64. The van der Waals surface area contributed by atoms with Crippen molar-refractivity contribution < 1.29 is 19.7 Å². The van der Waals surface area contributed by atoms with E-state index in [1.807, 2.05) is 0 Å². The van der Waals surface area contributed by atoms with Gasteiger partial charge in [-0.3, -0.25) is 4.79 Å². The van der Waals surface area contributed by atoms with Crippen molar-refractivity contribution in [1.29, 1.82) is 0 Å². The first-order chi connectivity index (χ1) is 6.00. The predicted octanol–water partition coefficient (Wildman–Crippen LogP) is 0.637.